The molecule has 0 fully saturated rings. The average molecular weight is 445 g/mol. The molecule has 0 bridgehead atoms. The number of carboxylic acids is 1. The number of hydrogen-bond acceptors (Lipinski definition) is 5. The van der Waals surface area contributed by atoms with Crippen molar-refractivity contribution in [1.29, 1.82) is 0 Å². The van der Waals surface area contributed by atoms with Gasteiger partial charge in [-0.05, 0) is 54.5 Å². The van der Waals surface area contributed by atoms with Gasteiger partial charge in [0.25, 0.3) is 0 Å². The molecule has 0 amide bonds. The van der Waals surface area contributed by atoms with Crippen molar-refractivity contribution in [3.05, 3.63) is 53.1 Å². The number of phenolic OH excluding ortho intramolecular Hbond substituents is 1. The summed E-state index contributed by atoms with van der Waals surface area (Å²) in [5.41, 5.74) is 0.297. The second-order valence-corrected chi connectivity index (χ2v) is 10.7. The van der Waals surface area contributed by atoms with Crippen molar-refractivity contribution in [3.63, 3.8) is 0 Å². The summed E-state index contributed by atoms with van der Waals surface area (Å²) < 4.78 is 11.4. The van der Waals surface area contributed by atoms with E-state index in [9.17, 15) is 20.1 Å². The van der Waals surface area contributed by atoms with Crippen LogP contribution in [0, 0.1) is 0 Å². The maximum Gasteiger partial charge on any atom is 0.347 e. The fourth-order valence-electron chi connectivity index (χ4n) is 3.20. The van der Waals surface area contributed by atoms with Crippen LogP contribution in [0.5, 0.6) is 17.2 Å². The second kappa shape index (κ2) is 9.02. The van der Waals surface area contributed by atoms with Crippen LogP contribution in [0.4, 0.5) is 0 Å². The van der Waals surface area contributed by atoms with E-state index in [1.54, 1.807) is 24.3 Å². The smallest absolute Gasteiger partial charge is 0.347 e. The summed E-state index contributed by atoms with van der Waals surface area (Å²) >= 11 is 0. The first-order valence-electron chi connectivity index (χ1n) is 10.7. The van der Waals surface area contributed by atoms with Crippen LogP contribution in [0.1, 0.15) is 78.2 Å². The van der Waals surface area contributed by atoms with Gasteiger partial charge in [0, 0.05) is 11.1 Å². The molecule has 0 unspecified atom stereocenters. The Balaban J connectivity index is 2.19. The number of aliphatic hydroxyl groups excluding tert-OH is 1. The lowest BCUT2D eigenvalue weighted by Crippen LogP contribution is -2.37. The summed E-state index contributed by atoms with van der Waals surface area (Å²) in [5.74, 6) is 0.197. The zero-order chi connectivity index (χ0) is 24.5. The summed E-state index contributed by atoms with van der Waals surface area (Å²) in [6, 6.07) is 10.3. The van der Waals surface area contributed by atoms with Crippen LogP contribution in [0.3, 0.4) is 0 Å². The van der Waals surface area contributed by atoms with E-state index < -0.39 is 17.7 Å². The van der Waals surface area contributed by atoms with E-state index >= 15 is 0 Å². The summed E-state index contributed by atoms with van der Waals surface area (Å²) in [4.78, 5) is 11.2. The fraction of sp³-hybridized carbons (Fsp3) is 0.500. The van der Waals surface area contributed by atoms with Gasteiger partial charge in [-0.2, -0.15) is 0 Å². The molecule has 6 heteroatoms. The molecule has 3 N–H and O–H groups in total. The molecule has 0 aromatic heterocycles. The van der Waals surface area contributed by atoms with E-state index in [1.165, 1.54) is 13.8 Å². The highest BCUT2D eigenvalue weighted by Gasteiger charge is 2.29. The lowest BCUT2D eigenvalue weighted by atomic mass is 9.79. The quantitative estimate of drug-likeness (QED) is 0.533. The standard InChI is InChI=1S/C26H36O6/c1-24(2,3)19-13-18(14-20(22(19)28)25(4,5)6)31-15-21(27)16-9-11-17(12-10-16)32-26(7,8)23(29)30/h9-14,21,27-28H,15H2,1-8H3,(H,29,30)/t21-/m0/s1. The number of carbonyl (C=O) groups is 1. The van der Waals surface area contributed by atoms with Crippen LogP contribution >= 0.6 is 0 Å². The monoisotopic (exact) mass is 444 g/mol. The highest BCUT2D eigenvalue weighted by molar-refractivity contribution is 5.76. The molecule has 32 heavy (non-hydrogen) atoms. The number of hydrogen-bond donors (Lipinski definition) is 3. The Morgan fingerprint density at radius 3 is 1.75 bits per heavy atom. The number of aliphatic carboxylic acids is 1. The third kappa shape index (κ3) is 6.16. The first kappa shape index (κ1) is 25.5. The Morgan fingerprint density at radius 1 is 0.875 bits per heavy atom. The lowest BCUT2D eigenvalue weighted by Gasteiger charge is -2.28. The normalized spacial score (nSPS) is 13.5. The minimum Gasteiger partial charge on any atom is -0.507 e. The van der Waals surface area contributed by atoms with Crippen molar-refractivity contribution < 1.29 is 29.6 Å². The van der Waals surface area contributed by atoms with Crippen LogP contribution in [-0.2, 0) is 15.6 Å². The molecule has 0 saturated carbocycles. The largest absolute Gasteiger partial charge is 0.507 e. The molecular formula is C26H36O6. The van der Waals surface area contributed by atoms with Gasteiger partial charge in [0.2, 0.25) is 0 Å². The Bertz CT molecular complexity index is 911. The summed E-state index contributed by atoms with van der Waals surface area (Å²) in [7, 11) is 0. The van der Waals surface area contributed by atoms with Gasteiger partial charge in [-0.3, -0.25) is 0 Å². The minimum absolute atomic E-state index is 0.0266. The van der Waals surface area contributed by atoms with Crippen LogP contribution in [0.25, 0.3) is 0 Å². The van der Waals surface area contributed by atoms with Gasteiger partial charge in [0.05, 0.1) is 0 Å². The van der Waals surface area contributed by atoms with Gasteiger partial charge in [-0.15, -0.1) is 0 Å². The Hall–Kier alpha value is -2.73. The summed E-state index contributed by atoms with van der Waals surface area (Å²) in [6.07, 6.45) is -0.887. The molecule has 1 atom stereocenters. The minimum atomic E-state index is -1.35. The molecule has 6 nitrogen and oxygen atoms in total. The van der Waals surface area contributed by atoms with E-state index in [0.717, 1.165) is 11.1 Å². The maximum absolute atomic E-state index is 11.2. The van der Waals surface area contributed by atoms with E-state index in [1.807, 2.05) is 53.7 Å². The molecule has 0 radical (unpaired) electrons. The van der Waals surface area contributed by atoms with Gasteiger partial charge >= 0.3 is 5.97 Å². The number of rotatable bonds is 7. The molecule has 0 heterocycles. The van der Waals surface area contributed by atoms with Crippen molar-refractivity contribution >= 4 is 5.97 Å². The third-order valence-corrected chi connectivity index (χ3v) is 5.26. The van der Waals surface area contributed by atoms with E-state index in [0.29, 0.717) is 17.1 Å². The highest BCUT2D eigenvalue weighted by Crippen LogP contribution is 2.41. The van der Waals surface area contributed by atoms with E-state index in [4.69, 9.17) is 9.47 Å². The fourth-order valence-corrected chi connectivity index (χ4v) is 3.20. The second-order valence-electron chi connectivity index (χ2n) is 10.7. The first-order valence-corrected chi connectivity index (χ1v) is 10.7. The molecule has 176 valence electrons. The molecule has 0 aliphatic carbocycles. The van der Waals surface area contributed by atoms with Crippen molar-refractivity contribution in [2.75, 3.05) is 6.61 Å². The molecule has 0 saturated heterocycles. The predicted molar refractivity (Wildman–Crippen MR) is 125 cm³/mol. The Kier molecular flexibility index (Phi) is 7.20. The first-order chi connectivity index (χ1) is 14.5. The molecule has 0 aliphatic heterocycles. The van der Waals surface area contributed by atoms with Gasteiger partial charge in [0.1, 0.15) is 30.0 Å². The molecule has 0 aliphatic rings. The predicted octanol–water partition coefficient (Wildman–Crippen LogP) is 5.34. The highest BCUT2D eigenvalue weighted by atomic mass is 16.5. The van der Waals surface area contributed by atoms with Crippen LogP contribution in [0.15, 0.2) is 36.4 Å². The molecule has 2 aromatic rings. The van der Waals surface area contributed by atoms with Crippen molar-refractivity contribution in [1.82, 2.24) is 0 Å². The number of benzene rings is 2. The summed E-state index contributed by atoms with van der Waals surface area (Å²) in [5, 5.41) is 30.6. The van der Waals surface area contributed by atoms with Crippen LogP contribution < -0.4 is 9.47 Å². The van der Waals surface area contributed by atoms with Gasteiger partial charge < -0.3 is 24.8 Å². The number of aliphatic hydroxyl groups is 1. The molecule has 2 rings (SSSR count). The Labute approximate surface area is 190 Å². The number of phenols is 1. The molecule has 2 aromatic carbocycles. The van der Waals surface area contributed by atoms with Crippen LogP contribution in [0.2, 0.25) is 0 Å². The van der Waals surface area contributed by atoms with E-state index in [2.05, 4.69) is 0 Å². The Morgan fingerprint density at radius 2 is 1.34 bits per heavy atom. The number of carboxylic acid groups (broad SMARTS) is 1. The zero-order valence-corrected chi connectivity index (χ0v) is 20.3. The van der Waals surface area contributed by atoms with Crippen molar-refractivity contribution in [3.8, 4) is 17.2 Å². The zero-order valence-electron chi connectivity index (χ0n) is 20.3. The number of ether oxygens (including phenoxy) is 2. The third-order valence-electron chi connectivity index (χ3n) is 5.26. The van der Waals surface area contributed by atoms with Crippen LogP contribution in [-0.4, -0.2) is 33.5 Å². The van der Waals surface area contributed by atoms with Gasteiger partial charge in [-0.1, -0.05) is 53.7 Å². The number of aromatic hydroxyl groups is 1. The molecular weight excluding hydrogens is 408 g/mol. The van der Waals surface area contributed by atoms with Crippen molar-refractivity contribution in [2.24, 2.45) is 0 Å². The van der Waals surface area contributed by atoms with Gasteiger partial charge in [-0.25, -0.2) is 4.79 Å². The SMILES string of the molecule is CC(C)(Oc1ccc([C@@H](O)COc2cc(C(C)(C)C)c(O)c(C(C)(C)C)c2)cc1)C(=O)O. The average Bonchev–Trinajstić information content (AvgIpc) is 2.65. The van der Waals surface area contributed by atoms with E-state index in [-0.39, 0.29) is 23.2 Å². The lowest BCUT2D eigenvalue weighted by molar-refractivity contribution is -0.152. The van der Waals surface area contributed by atoms with Gasteiger partial charge in [0.15, 0.2) is 5.60 Å². The summed E-state index contributed by atoms with van der Waals surface area (Å²) in [6.45, 7) is 15.2. The van der Waals surface area contributed by atoms with Crippen molar-refractivity contribution in [2.45, 2.75) is 77.9 Å². The molecule has 0 spiro atoms. The topological polar surface area (TPSA) is 96.2 Å². The maximum atomic E-state index is 11.2.